The molecule has 182 valence electrons. The number of hydrogen-bond donors (Lipinski definition) is 0. The standard InChI is InChI=1S/C23H23F3N2O5S/c1-22(2,3)21(29)33-27-13-17(14-27)15-8-9-18-16(12-15)10-11-28(18)34(30,31)20-7-5-4-6-19(20)32-23(24,25)26/h4-12,17H,13-14H2,1-3H3. The Bertz CT molecular complexity index is 1340. The van der Waals surface area contributed by atoms with E-state index >= 15 is 0 Å². The second-order valence-electron chi connectivity index (χ2n) is 9.10. The third kappa shape index (κ3) is 4.76. The smallest absolute Gasteiger partial charge is 0.404 e. The summed E-state index contributed by atoms with van der Waals surface area (Å²) >= 11 is 0. The summed E-state index contributed by atoms with van der Waals surface area (Å²) in [5.74, 6) is -1.02. The van der Waals surface area contributed by atoms with E-state index in [1.807, 2.05) is 6.07 Å². The van der Waals surface area contributed by atoms with Gasteiger partial charge in [-0.15, -0.1) is 18.2 Å². The molecule has 0 amide bonds. The lowest BCUT2D eigenvalue weighted by Crippen LogP contribution is -2.47. The van der Waals surface area contributed by atoms with E-state index in [4.69, 9.17) is 4.84 Å². The van der Waals surface area contributed by atoms with Gasteiger partial charge in [0.1, 0.15) is 10.6 Å². The fourth-order valence-corrected chi connectivity index (χ4v) is 5.03. The second-order valence-corrected chi connectivity index (χ2v) is 10.9. The first-order valence-corrected chi connectivity index (χ1v) is 11.9. The molecule has 3 aromatic rings. The van der Waals surface area contributed by atoms with Crippen molar-refractivity contribution < 1.29 is 36.0 Å². The normalized spacial score (nSPS) is 15.8. The number of carbonyl (C=O) groups is 1. The zero-order chi connectivity index (χ0) is 24.9. The number of hydrogen-bond acceptors (Lipinski definition) is 6. The lowest BCUT2D eigenvalue weighted by Gasteiger charge is -2.38. The zero-order valence-electron chi connectivity index (χ0n) is 18.7. The molecule has 0 spiro atoms. The van der Waals surface area contributed by atoms with Crippen LogP contribution in [0.4, 0.5) is 13.2 Å². The molecular weight excluding hydrogens is 473 g/mol. The molecule has 1 saturated heterocycles. The van der Waals surface area contributed by atoms with E-state index < -0.39 is 32.4 Å². The highest BCUT2D eigenvalue weighted by Gasteiger charge is 2.36. The van der Waals surface area contributed by atoms with Crippen LogP contribution in [-0.2, 0) is 19.7 Å². The van der Waals surface area contributed by atoms with Crippen molar-refractivity contribution in [3.63, 3.8) is 0 Å². The molecule has 4 rings (SSSR count). The van der Waals surface area contributed by atoms with Gasteiger partial charge in [-0.05, 0) is 56.7 Å². The fourth-order valence-electron chi connectivity index (χ4n) is 3.55. The van der Waals surface area contributed by atoms with Crippen molar-refractivity contribution in [1.82, 2.24) is 9.04 Å². The lowest BCUT2D eigenvalue weighted by molar-refractivity contribution is -0.275. The first-order valence-electron chi connectivity index (χ1n) is 10.4. The van der Waals surface area contributed by atoms with Crippen LogP contribution in [0.2, 0.25) is 0 Å². The van der Waals surface area contributed by atoms with Gasteiger partial charge in [-0.3, -0.25) is 0 Å². The molecule has 0 bridgehead atoms. The second kappa shape index (κ2) is 8.31. The summed E-state index contributed by atoms with van der Waals surface area (Å²) in [4.78, 5) is 16.8. The molecule has 11 heteroatoms. The van der Waals surface area contributed by atoms with E-state index in [9.17, 15) is 26.4 Å². The molecule has 0 saturated carbocycles. The molecule has 0 radical (unpaired) electrons. The number of ether oxygens (including phenoxy) is 1. The molecule has 1 aromatic heterocycles. The topological polar surface area (TPSA) is 77.8 Å². The van der Waals surface area contributed by atoms with Crippen LogP contribution < -0.4 is 4.74 Å². The largest absolute Gasteiger partial charge is 0.573 e. The molecule has 0 unspecified atom stereocenters. The Labute approximate surface area is 194 Å². The van der Waals surface area contributed by atoms with Crippen molar-refractivity contribution in [3.05, 3.63) is 60.3 Å². The predicted octanol–water partition coefficient (Wildman–Crippen LogP) is 4.68. The molecule has 2 heterocycles. The molecule has 1 aliphatic heterocycles. The first kappa shape index (κ1) is 24.1. The average Bonchev–Trinajstić information content (AvgIpc) is 3.12. The summed E-state index contributed by atoms with van der Waals surface area (Å²) in [5.41, 5.74) is 0.648. The quantitative estimate of drug-likeness (QED) is 0.511. The minimum absolute atomic E-state index is 0.0954. The van der Waals surface area contributed by atoms with Crippen molar-refractivity contribution in [2.24, 2.45) is 5.41 Å². The number of nitrogens with zero attached hydrogens (tertiary/aromatic N) is 2. The van der Waals surface area contributed by atoms with E-state index in [0.717, 1.165) is 21.7 Å². The minimum Gasteiger partial charge on any atom is -0.404 e. The number of para-hydroxylation sites is 1. The Morgan fingerprint density at radius 3 is 2.35 bits per heavy atom. The molecule has 1 aliphatic rings. The monoisotopic (exact) mass is 496 g/mol. The van der Waals surface area contributed by atoms with Gasteiger partial charge in [0, 0.05) is 30.6 Å². The van der Waals surface area contributed by atoms with Crippen LogP contribution in [0.5, 0.6) is 5.75 Å². The maximum atomic E-state index is 13.2. The van der Waals surface area contributed by atoms with E-state index in [-0.39, 0.29) is 11.9 Å². The van der Waals surface area contributed by atoms with Gasteiger partial charge in [0.2, 0.25) is 0 Å². The predicted molar refractivity (Wildman–Crippen MR) is 118 cm³/mol. The molecule has 0 N–H and O–H groups in total. The highest BCUT2D eigenvalue weighted by atomic mass is 32.2. The van der Waals surface area contributed by atoms with Crippen molar-refractivity contribution in [1.29, 1.82) is 0 Å². The Kier molecular flexibility index (Phi) is 5.89. The van der Waals surface area contributed by atoms with Gasteiger partial charge in [0.05, 0.1) is 10.9 Å². The Hall–Kier alpha value is -3.05. The van der Waals surface area contributed by atoms with Crippen molar-refractivity contribution in [2.75, 3.05) is 13.1 Å². The number of fused-ring (bicyclic) bond motifs is 1. The molecule has 0 aliphatic carbocycles. The van der Waals surface area contributed by atoms with Gasteiger partial charge in [-0.1, -0.05) is 18.2 Å². The summed E-state index contributed by atoms with van der Waals surface area (Å²) in [6, 6.07) is 11.4. The van der Waals surface area contributed by atoms with Crippen LogP contribution >= 0.6 is 0 Å². The zero-order valence-corrected chi connectivity index (χ0v) is 19.5. The van der Waals surface area contributed by atoms with E-state index in [1.165, 1.54) is 18.3 Å². The first-order chi connectivity index (χ1) is 15.8. The van der Waals surface area contributed by atoms with Gasteiger partial charge in [0.15, 0.2) is 0 Å². The SMILES string of the molecule is CC(C)(C)C(=O)ON1CC(c2ccc3c(ccn3S(=O)(=O)c3ccccc3OC(F)(F)F)c2)C1. The van der Waals surface area contributed by atoms with E-state index in [1.54, 1.807) is 44.0 Å². The molecule has 34 heavy (non-hydrogen) atoms. The van der Waals surface area contributed by atoms with Crippen LogP contribution in [0.3, 0.4) is 0 Å². The van der Waals surface area contributed by atoms with Crippen molar-refractivity contribution in [3.8, 4) is 5.75 Å². The van der Waals surface area contributed by atoms with E-state index in [0.29, 0.717) is 24.0 Å². The maximum absolute atomic E-state index is 13.2. The third-order valence-corrected chi connectivity index (χ3v) is 7.16. The maximum Gasteiger partial charge on any atom is 0.573 e. The van der Waals surface area contributed by atoms with Gasteiger partial charge >= 0.3 is 12.3 Å². The fraction of sp³-hybridized carbons (Fsp3) is 0.348. The Morgan fingerprint density at radius 1 is 1.03 bits per heavy atom. The summed E-state index contributed by atoms with van der Waals surface area (Å²) < 4.78 is 69.5. The summed E-state index contributed by atoms with van der Waals surface area (Å²) in [5, 5.41) is 2.19. The Morgan fingerprint density at radius 2 is 1.71 bits per heavy atom. The minimum atomic E-state index is -5.03. The van der Waals surface area contributed by atoms with Crippen molar-refractivity contribution in [2.45, 2.75) is 37.9 Å². The number of alkyl halides is 3. The summed E-state index contributed by atoms with van der Waals surface area (Å²) in [7, 11) is -4.36. The van der Waals surface area contributed by atoms with Crippen LogP contribution in [0.1, 0.15) is 32.3 Å². The summed E-state index contributed by atoms with van der Waals surface area (Å²) in [6.45, 7) is 6.33. The van der Waals surface area contributed by atoms with E-state index in [2.05, 4.69) is 4.74 Å². The van der Waals surface area contributed by atoms with Crippen LogP contribution in [-0.4, -0.2) is 42.9 Å². The van der Waals surface area contributed by atoms with Crippen LogP contribution in [0.15, 0.2) is 59.6 Å². The number of carbonyl (C=O) groups excluding carboxylic acids is 1. The number of aromatic nitrogens is 1. The van der Waals surface area contributed by atoms with Gasteiger partial charge in [-0.2, -0.15) is 0 Å². The Balaban J connectivity index is 1.57. The molecular formula is C23H23F3N2O5S. The highest BCUT2D eigenvalue weighted by molar-refractivity contribution is 7.90. The number of benzene rings is 2. The summed E-state index contributed by atoms with van der Waals surface area (Å²) in [6.07, 6.45) is -3.73. The lowest BCUT2D eigenvalue weighted by atomic mass is 9.92. The van der Waals surface area contributed by atoms with Gasteiger partial charge in [0.25, 0.3) is 10.0 Å². The molecule has 0 atom stereocenters. The number of hydroxylamine groups is 2. The highest BCUT2D eigenvalue weighted by Crippen LogP contribution is 2.34. The molecule has 1 fully saturated rings. The molecule has 2 aromatic carbocycles. The molecule has 7 nitrogen and oxygen atoms in total. The number of rotatable bonds is 5. The number of halogens is 3. The van der Waals surface area contributed by atoms with Crippen molar-refractivity contribution >= 4 is 26.9 Å². The van der Waals surface area contributed by atoms with Gasteiger partial charge in [-0.25, -0.2) is 17.2 Å². The van der Waals surface area contributed by atoms with Crippen LogP contribution in [0.25, 0.3) is 10.9 Å². The average molecular weight is 497 g/mol. The third-order valence-electron chi connectivity index (χ3n) is 5.43. The van der Waals surface area contributed by atoms with Gasteiger partial charge < -0.3 is 9.57 Å². The van der Waals surface area contributed by atoms with Crippen LogP contribution in [0, 0.1) is 5.41 Å².